The summed E-state index contributed by atoms with van der Waals surface area (Å²) in [5.41, 5.74) is 1.76. The van der Waals surface area contributed by atoms with Crippen molar-refractivity contribution in [2.75, 3.05) is 7.05 Å². The van der Waals surface area contributed by atoms with Gasteiger partial charge in [-0.25, -0.2) is 19.1 Å². The Morgan fingerprint density at radius 2 is 1.75 bits per heavy atom. The van der Waals surface area contributed by atoms with Gasteiger partial charge in [0.15, 0.2) is 0 Å². The molecule has 0 saturated carbocycles. The van der Waals surface area contributed by atoms with Gasteiger partial charge in [0.2, 0.25) is 5.91 Å². The molecule has 0 spiro atoms. The van der Waals surface area contributed by atoms with Crippen LogP contribution in [0.4, 0.5) is 0 Å². The molecule has 133 valence electrons. The van der Waals surface area contributed by atoms with Gasteiger partial charge < -0.3 is 9.64 Å². The second-order valence-corrected chi connectivity index (χ2v) is 6.21. The molecule has 4 heteroatoms. The van der Waals surface area contributed by atoms with Crippen LogP contribution >= 0.6 is 0 Å². The zero-order chi connectivity index (χ0) is 18.2. The van der Waals surface area contributed by atoms with E-state index >= 15 is 0 Å². The topological polar surface area (TPSA) is 29.5 Å². The van der Waals surface area contributed by atoms with Gasteiger partial charge in [-0.05, 0) is 20.8 Å². The summed E-state index contributed by atoms with van der Waals surface area (Å²) in [6.45, 7) is 17.0. The summed E-state index contributed by atoms with van der Waals surface area (Å²) in [7, 11) is 1.81. The third-order valence-electron chi connectivity index (χ3n) is 4.18. The summed E-state index contributed by atoms with van der Waals surface area (Å²) in [5, 5.41) is 0. The number of rotatable bonds is 4. The number of nitrogens with zero attached hydrogens (tertiary/aromatic N) is 1. The number of likely N-dealkylation sites (N-methyl/N-ethyl adjacent to an activating group) is 1. The van der Waals surface area contributed by atoms with Gasteiger partial charge in [-0.3, -0.25) is 4.79 Å². The van der Waals surface area contributed by atoms with Crippen molar-refractivity contribution in [2.45, 2.75) is 60.1 Å². The number of ether oxygens (including phenoxy) is 1. The quantitative estimate of drug-likeness (QED) is 0.688. The van der Waals surface area contributed by atoms with E-state index in [0.717, 1.165) is 16.9 Å². The third kappa shape index (κ3) is 7.40. The largest absolute Gasteiger partial charge is 0.513 e. The molecule has 0 heterocycles. The number of carbonyl (C=O) groups excluding carboxylic acids is 1. The van der Waals surface area contributed by atoms with Crippen LogP contribution in [0.5, 0.6) is 5.75 Å². The number of allylic oxidation sites excluding steroid dienone is 2. The van der Waals surface area contributed by atoms with Gasteiger partial charge in [0.25, 0.3) is 0 Å². The molecule has 1 radical (unpaired) electrons. The minimum Gasteiger partial charge on any atom is -0.513 e. The van der Waals surface area contributed by atoms with Crippen LogP contribution in [0.3, 0.4) is 0 Å². The van der Waals surface area contributed by atoms with E-state index < -0.39 is 0 Å². The number of hydrogen-bond donors (Lipinski definition) is 0. The predicted molar refractivity (Wildman–Crippen MR) is 97.5 cm³/mol. The van der Waals surface area contributed by atoms with Gasteiger partial charge in [0.1, 0.15) is 6.10 Å². The molecule has 1 amide bonds. The van der Waals surface area contributed by atoms with Gasteiger partial charge in [0.05, 0.1) is 5.54 Å². The maximum absolute atomic E-state index is 11.5. The number of hydrogen-bond acceptors (Lipinski definition) is 2. The molecule has 0 N–H and O–H groups in total. The van der Waals surface area contributed by atoms with Crippen LogP contribution in [0.2, 0.25) is 0 Å². The smallest absolute Gasteiger partial charge is 0.219 e. The summed E-state index contributed by atoms with van der Waals surface area (Å²) in [6.07, 6.45) is 3.53. The SMILES string of the molecule is CC(=O)N(C)C(C)(C)C(C)Oc1c(C)c[c-]cc1C.[CH2-]/C=C/C.[Y]. The van der Waals surface area contributed by atoms with Crippen molar-refractivity contribution in [2.24, 2.45) is 0 Å². The minimum absolute atomic E-state index is 0. The summed E-state index contributed by atoms with van der Waals surface area (Å²) >= 11 is 0. The van der Waals surface area contributed by atoms with Crippen molar-refractivity contribution in [3.05, 3.63) is 48.4 Å². The van der Waals surface area contributed by atoms with Crippen LogP contribution in [0.25, 0.3) is 0 Å². The van der Waals surface area contributed by atoms with Crippen LogP contribution in [0.15, 0.2) is 24.3 Å². The first-order chi connectivity index (χ1) is 10.6. The van der Waals surface area contributed by atoms with Gasteiger partial charge in [0, 0.05) is 52.4 Å². The van der Waals surface area contributed by atoms with E-state index in [4.69, 9.17) is 4.74 Å². The van der Waals surface area contributed by atoms with E-state index in [2.05, 4.69) is 13.0 Å². The third-order valence-corrected chi connectivity index (χ3v) is 4.18. The summed E-state index contributed by atoms with van der Waals surface area (Å²) in [4.78, 5) is 13.3. The summed E-state index contributed by atoms with van der Waals surface area (Å²) < 4.78 is 6.10. The van der Waals surface area contributed by atoms with Gasteiger partial charge in [-0.15, -0.1) is 18.1 Å². The van der Waals surface area contributed by atoms with Gasteiger partial charge >= 0.3 is 0 Å². The van der Waals surface area contributed by atoms with Crippen molar-refractivity contribution >= 4 is 5.91 Å². The summed E-state index contributed by atoms with van der Waals surface area (Å²) in [5.74, 6) is 0.923. The molecule has 1 rings (SSSR count). The van der Waals surface area contributed by atoms with Gasteiger partial charge in [-0.2, -0.15) is 18.2 Å². The molecule has 0 saturated heterocycles. The Labute approximate surface area is 173 Å². The number of aryl methyl sites for hydroxylation is 2. The Kier molecular flexibility index (Phi) is 12.4. The van der Waals surface area contributed by atoms with Crippen LogP contribution in [0.1, 0.15) is 45.7 Å². The van der Waals surface area contributed by atoms with Crippen molar-refractivity contribution in [1.82, 2.24) is 4.90 Å². The predicted octanol–water partition coefficient (Wildman–Crippen LogP) is 4.52. The molecular formula is C20H31NO2Y-2. The first kappa shape index (κ1) is 25.4. The van der Waals surface area contributed by atoms with E-state index in [1.54, 1.807) is 24.9 Å². The number of carbonyl (C=O) groups is 1. The molecule has 0 fully saturated rings. The first-order valence-corrected chi connectivity index (χ1v) is 7.88. The van der Waals surface area contributed by atoms with Crippen LogP contribution in [-0.4, -0.2) is 29.5 Å². The van der Waals surface area contributed by atoms with Crippen molar-refractivity contribution in [1.29, 1.82) is 0 Å². The Bertz CT molecular complexity index is 514. The van der Waals surface area contributed by atoms with Crippen molar-refractivity contribution in [3.63, 3.8) is 0 Å². The second kappa shape index (κ2) is 11.7. The summed E-state index contributed by atoms with van der Waals surface area (Å²) in [6, 6.07) is 6.90. The fraction of sp³-hybridized carbons (Fsp3) is 0.500. The molecular weight excluding hydrogens is 375 g/mol. The average molecular weight is 406 g/mol. The van der Waals surface area contributed by atoms with E-state index in [-0.39, 0.29) is 50.3 Å². The van der Waals surface area contributed by atoms with Crippen LogP contribution < -0.4 is 4.74 Å². The van der Waals surface area contributed by atoms with E-state index in [9.17, 15) is 4.79 Å². The molecule has 0 aliphatic heterocycles. The zero-order valence-corrected chi connectivity index (χ0v) is 19.3. The second-order valence-electron chi connectivity index (χ2n) is 6.21. The molecule has 3 nitrogen and oxygen atoms in total. The van der Waals surface area contributed by atoms with Crippen molar-refractivity contribution < 1.29 is 42.2 Å². The average Bonchev–Trinajstić information content (AvgIpc) is 2.50. The van der Waals surface area contributed by atoms with Crippen molar-refractivity contribution in [3.8, 4) is 5.75 Å². The molecule has 1 atom stereocenters. The van der Waals surface area contributed by atoms with Crippen LogP contribution in [0, 0.1) is 26.8 Å². The molecule has 0 aliphatic rings. The maximum atomic E-state index is 11.5. The first-order valence-electron chi connectivity index (χ1n) is 7.88. The molecule has 0 aromatic heterocycles. The Morgan fingerprint density at radius 1 is 1.33 bits per heavy atom. The molecule has 1 aromatic rings. The van der Waals surface area contributed by atoms with E-state index in [0.29, 0.717) is 0 Å². The van der Waals surface area contributed by atoms with E-state index in [1.165, 1.54) is 0 Å². The maximum Gasteiger partial charge on any atom is 0.219 e. The molecule has 1 unspecified atom stereocenters. The Hall–Kier alpha value is -0.796. The fourth-order valence-electron chi connectivity index (χ4n) is 1.92. The standard InChI is InChI=1S/C16H24NO2.C4H7.Y/c1-11-9-8-10-12(2)15(11)19-13(3)16(5,6)17(7)14(4)18;1-3-4-2;/h9-10,13H,1-7H3;3-4H,1H2,2H3;/q2*-1;/b;4-3+;. The zero-order valence-electron chi connectivity index (χ0n) is 16.4. The van der Waals surface area contributed by atoms with E-state index in [1.807, 2.05) is 59.8 Å². The Balaban J connectivity index is 0. The normalized spacial score (nSPS) is 11.8. The molecule has 0 aliphatic carbocycles. The molecule has 0 bridgehead atoms. The minimum atomic E-state index is -0.371. The molecule has 1 aromatic carbocycles. The number of amides is 1. The molecule has 24 heavy (non-hydrogen) atoms. The Morgan fingerprint density at radius 3 is 2.08 bits per heavy atom. The monoisotopic (exact) mass is 406 g/mol. The number of benzene rings is 1. The van der Waals surface area contributed by atoms with Gasteiger partial charge in [-0.1, -0.05) is 13.8 Å². The fourth-order valence-corrected chi connectivity index (χ4v) is 1.92. The van der Waals surface area contributed by atoms with Crippen LogP contribution in [-0.2, 0) is 37.5 Å².